The lowest BCUT2D eigenvalue weighted by molar-refractivity contribution is -0.904. The van der Waals surface area contributed by atoms with Crippen LogP contribution in [0.3, 0.4) is 0 Å². The molecule has 1 aromatic carbocycles. The lowest BCUT2D eigenvalue weighted by Gasteiger charge is -2.30. The number of nitrogens with zero attached hydrogens (tertiary/aromatic N) is 2. The summed E-state index contributed by atoms with van der Waals surface area (Å²) in [6, 6.07) is 7.95. The topological polar surface area (TPSA) is 83.3 Å². The first-order valence-electron chi connectivity index (χ1n) is 10.2. The van der Waals surface area contributed by atoms with E-state index in [2.05, 4.69) is 10.3 Å². The highest BCUT2D eigenvalue weighted by Gasteiger charge is 2.43. The van der Waals surface area contributed by atoms with Crippen molar-refractivity contribution in [3.05, 3.63) is 30.3 Å². The van der Waals surface area contributed by atoms with Crippen LogP contribution in [0.2, 0.25) is 0 Å². The number of carbonyl (C=O) groups excluding carboxylic acids is 3. The lowest BCUT2D eigenvalue weighted by atomic mass is 9.96. The maximum Gasteiger partial charge on any atom is 0.335 e. The zero-order chi connectivity index (χ0) is 19.9. The molecule has 7 heteroatoms. The summed E-state index contributed by atoms with van der Waals surface area (Å²) in [5.41, 5.74) is 0.997. The summed E-state index contributed by atoms with van der Waals surface area (Å²) in [6.07, 6.45) is 5.34. The first kappa shape index (κ1) is 20.2. The third kappa shape index (κ3) is 4.65. The Labute approximate surface area is 165 Å². The van der Waals surface area contributed by atoms with Crippen LogP contribution >= 0.6 is 0 Å². The van der Waals surface area contributed by atoms with Crippen molar-refractivity contribution in [2.24, 2.45) is 10.9 Å². The Morgan fingerprint density at radius 3 is 2.54 bits per heavy atom. The van der Waals surface area contributed by atoms with E-state index < -0.39 is 23.8 Å². The molecule has 2 N–H and O–H groups in total. The average molecular weight is 385 g/mol. The number of hydrogen-bond donors (Lipinski definition) is 2. The molecule has 7 nitrogen and oxygen atoms in total. The van der Waals surface area contributed by atoms with Crippen molar-refractivity contribution in [1.29, 1.82) is 0 Å². The largest absolute Gasteiger partial charge is 0.335 e. The van der Waals surface area contributed by atoms with Crippen LogP contribution in [-0.2, 0) is 9.59 Å². The van der Waals surface area contributed by atoms with Gasteiger partial charge in [-0.1, -0.05) is 25.1 Å². The lowest BCUT2D eigenvalue weighted by Crippen LogP contribution is -3.12. The molecule has 4 amide bonds. The van der Waals surface area contributed by atoms with E-state index in [1.807, 2.05) is 13.0 Å². The van der Waals surface area contributed by atoms with Crippen LogP contribution in [0.25, 0.3) is 0 Å². The van der Waals surface area contributed by atoms with E-state index in [9.17, 15) is 14.4 Å². The molecule has 2 aliphatic heterocycles. The van der Waals surface area contributed by atoms with Gasteiger partial charge in [0.1, 0.15) is 0 Å². The molecule has 0 radical (unpaired) electrons. The number of benzene rings is 1. The molecule has 2 saturated heterocycles. The predicted molar refractivity (Wildman–Crippen MR) is 108 cm³/mol. The van der Waals surface area contributed by atoms with Gasteiger partial charge in [-0.05, 0) is 37.8 Å². The summed E-state index contributed by atoms with van der Waals surface area (Å²) >= 11 is 0. The molecule has 1 unspecified atom stereocenters. The van der Waals surface area contributed by atoms with Gasteiger partial charge in [0.15, 0.2) is 5.92 Å². The van der Waals surface area contributed by atoms with Crippen LogP contribution < -0.4 is 15.1 Å². The van der Waals surface area contributed by atoms with Gasteiger partial charge in [-0.2, -0.15) is 0 Å². The third-order valence-electron chi connectivity index (χ3n) is 5.44. The Morgan fingerprint density at radius 1 is 1.14 bits per heavy atom. The first-order valence-corrected chi connectivity index (χ1v) is 10.2. The second-order valence-electron chi connectivity index (χ2n) is 7.38. The summed E-state index contributed by atoms with van der Waals surface area (Å²) in [5.74, 6) is -2.14. The molecule has 2 heterocycles. The number of piperidine rings is 1. The highest BCUT2D eigenvalue weighted by Crippen LogP contribution is 2.22. The fourth-order valence-corrected chi connectivity index (χ4v) is 3.95. The summed E-state index contributed by atoms with van der Waals surface area (Å²) in [6.45, 7) is 6.01. The van der Waals surface area contributed by atoms with Crippen LogP contribution in [0, 0.1) is 5.92 Å². The molecule has 1 atom stereocenters. The van der Waals surface area contributed by atoms with Gasteiger partial charge in [0.2, 0.25) is 5.91 Å². The van der Waals surface area contributed by atoms with E-state index in [0.29, 0.717) is 24.4 Å². The Balaban J connectivity index is 1.68. The summed E-state index contributed by atoms with van der Waals surface area (Å²) in [7, 11) is 0. The average Bonchev–Trinajstić information content (AvgIpc) is 2.71. The summed E-state index contributed by atoms with van der Waals surface area (Å²) in [4.78, 5) is 44.9. The zero-order valence-corrected chi connectivity index (χ0v) is 16.4. The maximum absolute atomic E-state index is 13.0. The van der Waals surface area contributed by atoms with Gasteiger partial charge in [-0.25, -0.2) is 9.69 Å². The van der Waals surface area contributed by atoms with Gasteiger partial charge >= 0.3 is 6.03 Å². The van der Waals surface area contributed by atoms with Crippen molar-refractivity contribution in [2.45, 2.75) is 39.0 Å². The minimum atomic E-state index is -1.04. The molecular formula is C21H29N4O3+. The van der Waals surface area contributed by atoms with Gasteiger partial charge in [0.05, 0.1) is 25.3 Å². The number of likely N-dealkylation sites (tertiary alicyclic amines) is 1. The standard InChI is InChI=1S/C21H28N4O3/c1-2-17(22-12-9-15-24-13-7-4-8-14-24)18-19(26)23-21(28)25(20(18)27)16-10-5-3-6-11-16/h3,5-6,10-11,18H,2,4,7-9,12-15H2,1H3,(H,23,26,28)/p+1. The van der Waals surface area contributed by atoms with Gasteiger partial charge in [-0.15, -0.1) is 0 Å². The molecule has 0 spiro atoms. The third-order valence-corrected chi connectivity index (χ3v) is 5.44. The fraction of sp³-hybridized carbons (Fsp3) is 0.524. The van der Waals surface area contributed by atoms with E-state index in [0.717, 1.165) is 17.9 Å². The van der Waals surface area contributed by atoms with E-state index in [4.69, 9.17) is 0 Å². The Morgan fingerprint density at radius 2 is 1.86 bits per heavy atom. The minimum absolute atomic E-state index is 0.451. The monoisotopic (exact) mass is 385 g/mol. The minimum Gasteiger partial charge on any atom is -0.335 e. The Kier molecular flexibility index (Phi) is 6.92. The molecule has 0 bridgehead atoms. The van der Waals surface area contributed by atoms with E-state index in [-0.39, 0.29) is 0 Å². The van der Waals surface area contributed by atoms with Crippen LogP contribution in [0.1, 0.15) is 39.0 Å². The van der Waals surface area contributed by atoms with Crippen molar-refractivity contribution in [3.8, 4) is 0 Å². The molecule has 0 aromatic heterocycles. The first-order chi connectivity index (χ1) is 13.6. The molecule has 0 saturated carbocycles. The number of hydrogen-bond acceptors (Lipinski definition) is 4. The number of amides is 4. The SMILES string of the molecule is CCC(=NCCC[NH+]1CCCCC1)C1C(=O)NC(=O)N(c2ccccc2)C1=O. The maximum atomic E-state index is 13.0. The predicted octanol–water partition coefficient (Wildman–Crippen LogP) is 1.20. The van der Waals surface area contributed by atoms with Gasteiger partial charge in [0, 0.05) is 18.7 Å². The van der Waals surface area contributed by atoms with Crippen LogP contribution in [0.5, 0.6) is 0 Å². The molecule has 28 heavy (non-hydrogen) atoms. The van der Waals surface area contributed by atoms with Crippen LogP contribution in [0.15, 0.2) is 35.3 Å². The van der Waals surface area contributed by atoms with E-state index >= 15 is 0 Å². The number of carbonyl (C=O) groups is 3. The quantitative estimate of drug-likeness (QED) is 0.420. The molecule has 3 rings (SSSR count). The normalized spacial score (nSPS) is 21.8. The number of quaternary nitrogens is 1. The number of anilines is 1. The second kappa shape index (κ2) is 9.59. The molecule has 1 aromatic rings. The molecule has 2 aliphatic rings. The number of para-hydroxylation sites is 1. The van der Waals surface area contributed by atoms with E-state index in [1.54, 1.807) is 29.2 Å². The number of barbiturate groups is 1. The van der Waals surface area contributed by atoms with Crippen molar-refractivity contribution >= 4 is 29.2 Å². The zero-order valence-electron chi connectivity index (χ0n) is 16.4. The number of urea groups is 1. The molecule has 2 fully saturated rings. The van der Waals surface area contributed by atoms with Crippen LogP contribution in [0.4, 0.5) is 10.5 Å². The van der Waals surface area contributed by atoms with Crippen molar-refractivity contribution in [1.82, 2.24) is 5.32 Å². The van der Waals surface area contributed by atoms with Gasteiger partial charge in [-0.3, -0.25) is 19.9 Å². The molecule has 0 aliphatic carbocycles. The number of imide groups is 2. The second-order valence-corrected chi connectivity index (χ2v) is 7.38. The van der Waals surface area contributed by atoms with Gasteiger partial charge < -0.3 is 4.90 Å². The highest BCUT2D eigenvalue weighted by atomic mass is 16.2. The summed E-state index contributed by atoms with van der Waals surface area (Å²) in [5, 5.41) is 2.31. The summed E-state index contributed by atoms with van der Waals surface area (Å²) < 4.78 is 0. The Hall–Kier alpha value is -2.54. The smallest absolute Gasteiger partial charge is 0.335 e. The molecule has 150 valence electrons. The number of aliphatic imine (C=N–C) groups is 1. The van der Waals surface area contributed by atoms with Gasteiger partial charge in [0.25, 0.3) is 5.91 Å². The van der Waals surface area contributed by atoms with Crippen LogP contribution in [-0.4, -0.2) is 49.7 Å². The fourth-order valence-electron chi connectivity index (χ4n) is 3.95. The highest BCUT2D eigenvalue weighted by molar-refractivity contribution is 6.35. The van der Waals surface area contributed by atoms with Crippen molar-refractivity contribution < 1.29 is 19.3 Å². The Bertz CT molecular complexity index is 741. The van der Waals surface area contributed by atoms with E-state index in [1.165, 1.54) is 32.4 Å². The van der Waals surface area contributed by atoms with Crippen molar-refractivity contribution in [2.75, 3.05) is 31.1 Å². The number of nitrogens with one attached hydrogen (secondary N) is 2. The molecular weight excluding hydrogens is 356 g/mol. The number of rotatable bonds is 7. The van der Waals surface area contributed by atoms with Crippen molar-refractivity contribution in [3.63, 3.8) is 0 Å².